The van der Waals surface area contributed by atoms with E-state index in [1.54, 1.807) is 6.07 Å². The molecule has 0 unspecified atom stereocenters. The van der Waals surface area contributed by atoms with Gasteiger partial charge in [0.15, 0.2) is 0 Å². The molecule has 2 aromatic carbocycles. The van der Waals surface area contributed by atoms with E-state index in [1.807, 2.05) is 12.1 Å². The molecule has 0 heterocycles. The molecule has 1 nitrogen and oxygen atoms in total. The van der Waals surface area contributed by atoms with E-state index in [9.17, 15) is 4.39 Å². The van der Waals surface area contributed by atoms with Gasteiger partial charge in [-0.25, -0.2) is 4.39 Å². The zero-order chi connectivity index (χ0) is 13.8. The minimum absolute atomic E-state index is 0.306. The smallest absolute Gasteiger partial charge is 0.128 e. The molecule has 3 heteroatoms. The van der Waals surface area contributed by atoms with Gasteiger partial charge in [0.2, 0.25) is 0 Å². The molecule has 0 atom stereocenters. The second kappa shape index (κ2) is 6.20. The van der Waals surface area contributed by atoms with Crippen LogP contribution in [0.3, 0.4) is 0 Å². The Bertz CT molecular complexity index is 529. The molecule has 0 N–H and O–H groups in total. The van der Waals surface area contributed by atoms with E-state index >= 15 is 0 Å². The largest absolute Gasteiger partial charge is 0.489 e. The molecule has 0 fully saturated rings. The average Bonchev–Trinajstić information content (AvgIpc) is 2.36. The first-order valence-corrected chi connectivity index (χ1v) is 7.01. The van der Waals surface area contributed by atoms with Crippen molar-refractivity contribution in [3.63, 3.8) is 0 Å². The van der Waals surface area contributed by atoms with Crippen LogP contribution in [0.4, 0.5) is 4.39 Å². The van der Waals surface area contributed by atoms with Crippen LogP contribution in [0.25, 0.3) is 0 Å². The first-order valence-electron chi connectivity index (χ1n) is 6.22. The Hall–Kier alpha value is -1.35. The molecule has 19 heavy (non-hydrogen) atoms. The van der Waals surface area contributed by atoms with Crippen LogP contribution in [-0.2, 0) is 6.61 Å². The van der Waals surface area contributed by atoms with Crippen LogP contribution in [0.15, 0.2) is 46.9 Å². The Morgan fingerprint density at radius 2 is 1.79 bits per heavy atom. The lowest BCUT2D eigenvalue weighted by Crippen LogP contribution is -1.96. The SMILES string of the molecule is CC(C)c1ccc(COc2cc(F)cc(Br)c2)cc1. The van der Waals surface area contributed by atoms with E-state index in [2.05, 4.69) is 41.9 Å². The van der Waals surface area contributed by atoms with Crippen molar-refractivity contribution in [1.82, 2.24) is 0 Å². The molecule has 0 aliphatic rings. The highest BCUT2D eigenvalue weighted by Crippen LogP contribution is 2.22. The molecule has 0 aliphatic heterocycles. The zero-order valence-electron chi connectivity index (χ0n) is 11.0. The molecule has 2 aromatic rings. The summed E-state index contributed by atoms with van der Waals surface area (Å²) in [5, 5.41) is 0. The van der Waals surface area contributed by atoms with Crippen LogP contribution >= 0.6 is 15.9 Å². The summed E-state index contributed by atoms with van der Waals surface area (Å²) in [6.07, 6.45) is 0. The second-order valence-corrected chi connectivity index (χ2v) is 5.71. The zero-order valence-corrected chi connectivity index (χ0v) is 12.6. The first kappa shape index (κ1) is 14.1. The highest BCUT2D eigenvalue weighted by molar-refractivity contribution is 9.10. The summed E-state index contributed by atoms with van der Waals surface area (Å²) in [7, 11) is 0. The number of hydrogen-bond acceptors (Lipinski definition) is 1. The fourth-order valence-corrected chi connectivity index (χ4v) is 2.22. The van der Waals surface area contributed by atoms with Gasteiger partial charge in [-0.2, -0.15) is 0 Å². The van der Waals surface area contributed by atoms with E-state index in [4.69, 9.17) is 4.74 Å². The predicted molar refractivity (Wildman–Crippen MR) is 79.0 cm³/mol. The summed E-state index contributed by atoms with van der Waals surface area (Å²) in [6, 6.07) is 12.8. The van der Waals surface area contributed by atoms with Crippen molar-refractivity contribution < 1.29 is 9.13 Å². The summed E-state index contributed by atoms with van der Waals surface area (Å²) >= 11 is 3.24. The quantitative estimate of drug-likeness (QED) is 0.743. The van der Waals surface area contributed by atoms with Gasteiger partial charge in [0, 0.05) is 10.5 Å². The van der Waals surface area contributed by atoms with Crippen molar-refractivity contribution in [3.05, 3.63) is 63.9 Å². The Labute approximate surface area is 121 Å². The van der Waals surface area contributed by atoms with Crippen molar-refractivity contribution in [1.29, 1.82) is 0 Å². The Morgan fingerprint density at radius 1 is 1.11 bits per heavy atom. The monoisotopic (exact) mass is 322 g/mol. The van der Waals surface area contributed by atoms with Crippen LogP contribution < -0.4 is 4.74 Å². The molecule has 0 amide bonds. The van der Waals surface area contributed by atoms with Gasteiger partial charge in [0.25, 0.3) is 0 Å². The third-order valence-corrected chi connectivity index (χ3v) is 3.35. The number of ether oxygens (including phenoxy) is 1. The normalized spacial score (nSPS) is 10.8. The molecule has 0 saturated heterocycles. The predicted octanol–water partition coefficient (Wildman–Crippen LogP) is 5.29. The van der Waals surface area contributed by atoms with Gasteiger partial charge in [-0.05, 0) is 29.2 Å². The highest BCUT2D eigenvalue weighted by Gasteiger charge is 2.02. The second-order valence-electron chi connectivity index (χ2n) is 4.79. The number of halogens is 2. The molecular formula is C16H16BrFO. The average molecular weight is 323 g/mol. The standard InChI is InChI=1S/C16H16BrFO/c1-11(2)13-5-3-12(4-6-13)10-19-16-8-14(17)7-15(18)9-16/h3-9,11H,10H2,1-2H3. The summed E-state index contributed by atoms with van der Waals surface area (Å²) in [5.41, 5.74) is 2.38. The third kappa shape index (κ3) is 4.06. The number of benzene rings is 2. The highest BCUT2D eigenvalue weighted by atomic mass is 79.9. The van der Waals surface area contributed by atoms with Crippen molar-refractivity contribution in [3.8, 4) is 5.75 Å². The van der Waals surface area contributed by atoms with Crippen LogP contribution in [0.1, 0.15) is 30.9 Å². The Morgan fingerprint density at radius 3 is 2.37 bits per heavy atom. The van der Waals surface area contributed by atoms with Gasteiger partial charge < -0.3 is 4.74 Å². The maximum atomic E-state index is 13.2. The van der Waals surface area contributed by atoms with Gasteiger partial charge in [0.1, 0.15) is 18.2 Å². The Kier molecular flexibility index (Phi) is 4.59. The van der Waals surface area contributed by atoms with Gasteiger partial charge in [0.05, 0.1) is 0 Å². The lowest BCUT2D eigenvalue weighted by Gasteiger charge is -2.09. The van der Waals surface area contributed by atoms with Crippen LogP contribution in [-0.4, -0.2) is 0 Å². The van der Waals surface area contributed by atoms with E-state index in [0.717, 1.165) is 5.56 Å². The molecule has 100 valence electrons. The van der Waals surface area contributed by atoms with E-state index in [-0.39, 0.29) is 5.82 Å². The summed E-state index contributed by atoms with van der Waals surface area (Å²) in [6.45, 7) is 4.76. The molecule has 0 radical (unpaired) electrons. The number of hydrogen-bond donors (Lipinski definition) is 0. The lowest BCUT2D eigenvalue weighted by atomic mass is 10.0. The van der Waals surface area contributed by atoms with Crippen molar-refractivity contribution in [2.45, 2.75) is 26.4 Å². The fourth-order valence-electron chi connectivity index (χ4n) is 1.78. The minimum atomic E-state index is -0.306. The molecule has 2 rings (SSSR count). The molecule has 0 aliphatic carbocycles. The van der Waals surface area contributed by atoms with Gasteiger partial charge in [-0.15, -0.1) is 0 Å². The van der Waals surface area contributed by atoms with Crippen molar-refractivity contribution >= 4 is 15.9 Å². The summed E-state index contributed by atoms with van der Waals surface area (Å²) in [4.78, 5) is 0. The van der Waals surface area contributed by atoms with Gasteiger partial charge in [-0.1, -0.05) is 54.0 Å². The van der Waals surface area contributed by atoms with Crippen molar-refractivity contribution in [2.75, 3.05) is 0 Å². The first-order chi connectivity index (χ1) is 9.04. The molecule has 0 spiro atoms. The maximum Gasteiger partial charge on any atom is 0.128 e. The molecule has 0 aromatic heterocycles. The van der Waals surface area contributed by atoms with Crippen LogP contribution in [0.5, 0.6) is 5.75 Å². The molecule has 0 bridgehead atoms. The van der Waals surface area contributed by atoms with Crippen LogP contribution in [0, 0.1) is 5.82 Å². The molecular weight excluding hydrogens is 307 g/mol. The summed E-state index contributed by atoms with van der Waals surface area (Å²) in [5.74, 6) is 0.744. The van der Waals surface area contributed by atoms with Crippen molar-refractivity contribution in [2.24, 2.45) is 0 Å². The molecule has 0 saturated carbocycles. The van der Waals surface area contributed by atoms with E-state index in [0.29, 0.717) is 22.7 Å². The Balaban J connectivity index is 2.02. The van der Waals surface area contributed by atoms with Crippen LogP contribution in [0.2, 0.25) is 0 Å². The fraction of sp³-hybridized carbons (Fsp3) is 0.250. The van der Waals surface area contributed by atoms with Gasteiger partial charge in [-0.3, -0.25) is 0 Å². The van der Waals surface area contributed by atoms with E-state index < -0.39 is 0 Å². The topological polar surface area (TPSA) is 9.23 Å². The minimum Gasteiger partial charge on any atom is -0.489 e. The maximum absolute atomic E-state index is 13.2. The van der Waals surface area contributed by atoms with Gasteiger partial charge >= 0.3 is 0 Å². The van der Waals surface area contributed by atoms with E-state index in [1.165, 1.54) is 17.7 Å². The lowest BCUT2D eigenvalue weighted by molar-refractivity contribution is 0.304. The third-order valence-electron chi connectivity index (χ3n) is 2.89. The summed E-state index contributed by atoms with van der Waals surface area (Å²) < 4.78 is 19.4. The number of rotatable bonds is 4.